The van der Waals surface area contributed by atoms with Crippen LogP contribution in [0.3, 0.4) is 0 Å². The molecule has 96 valence electrons. The number of rotatable bonds is 5. The van der Waals surface area contributed by atoms with Gasteiger partial charge in [-0.15, -0.1) is 0 Å². The molecule has 19 heavy (non-hydrogen) atoms. The highest BCUT2D eigenvalue weighted by Crippen LogP contribution is 2.08. The van der Waals surface area contributed by atoms with Crippen LogP contribution in [0.1, 0.15) is 11.3 Å². The first-order chi connectivity index (χ1) is 9.42. The zero-order valence-corrected chi connectivity index (χ0v) is 10.4. The van der Waals surface area contributed by atoms with Gasteiger partial charge in [0.15, 0.2) is 0 Å². The van der Waals surface area contributed by atoms with E-state index in [1.807, 2.05) is 23.0 Å². The summed E-state index contributed by atoms with van der Waals surface area (Å²) in [6.07, 6.45) is 5.28. The molecule has 2 heterocycles. The van der Waals surface area contributed by atoms with Gasteiger partial charge in [0.25, 0.3) is 0 Å². The third-order valence-electron chi connectivity index (χ3n) is 2.83. The van der Waals surface area contributed by atoms with E-state index >= 15 is 0 Å². The Morgan fingerprint density at radius 3 is 2.68 bits per heavy atom. The lowest BCUT2D eigenvalue weighted by molar-refractivity contribution is 0.408. The van der Waals surface area contributed by atoms with Crippen molar-refractivity contribution in [2.45, 2.75) is 13.1 Å². The Morgan fingerprint density at radius 2 is 2.00 bits per heavy atom. The molecule has 3 rings (SSSR count). The lowest BCUT2D eigenvalue weighted by atomic mass is 10.2. The molecule has 2 aromatic heterocycles. The number of aromatic nitrogens is 3. The molecule has 0 aliphatic heterocycles. The SMILES string of the molecule is c1cnn(-c2ccc(CNCc3ccon3)cc2)c1. The van der Waals surface area contributed by atoms with Gasteiger partial charge in [0.1, 0.15) is 6.26 Å². The lowest BCUT2D eigenvalue weighted by Gasteiger charge is -2.05. The molecule has 0 radical (unpaired) electrons. The van der Waals surface area contributed by atoms with E-state index < -0.39 is 0 Å². The van der Waals surface area contributed by atoms with Crippen molar-refractivity contribution in [3.8, 4) is 5.69 Å². The van der Waals surface area contributed by atoms with Crippen LogP contribution in [0.4, 0.5) is 0 Å². The van der Waals surface area contributed by atoms with Crippen molar-refractivity contribution < 1.29 is 4.52 Å². The van der Waals surface area contributed by atoms with Crippen molar-refractivity contribution in [1.82, 2.24) is 20.3 Å². The molecule has 0 saturated carbocycles. The molecule has 1 N–H and O–H groups in total. The predicted octanol–water partition coefficient (Wildman–Crippen LogP) is 2.15. The summed E-state index contributed by atoms with van der Waals surface area (Å²) in [6, 6.07) is 12.1. The molecule has 0 unspecified atom stereocenters. The Kier molecular flexibility index (Phi) is 3.38. The Labute approximate surface area is 110 Å². The lowest BCUT2D eigenvalue weighted by Crippen LogP contribution is -2.12. The molecule has 0 fully saturated rings. The van der Waals surface area contributed by atoms with E-state index in [-0.39, 0.29) is 0 Å². The van der Waals surface area contributed by atoms with Crippen LogP contribution >= 0.6 is 0 Å². The largest absolute Gasteiger partial charge is 0.364 e. The Balaban J connectivity index is 1.57. The van der Waals surface area contributed by atoms with Gasteiger partial charge in [-0.2, -0.15) is 5.10 Å². The average molecular weight is 254 g/mol. The Morgan fingerprint density at radius 1 is 1.11 bits per heavy atom. The van der Waals surface area contributed by atoms with Crippen molar-refractivity contribution in [2.24, 2.45) is 0 Å². The summed E-state index contributed by atoms with van der Waals surface area (Å²) in [5.41, 5.74) is 3.19. The van der Waals surface area contributed by atoms with E-state index in [1.165, 1.54) is 5.56 Å². The highest BCUT2D eigenvalue weighted by molar-refractivity contribution is 5.33. The Hall–Kier alpha value is -2.40. The topological polar surface area (TPSA) is 55.9 Å². The van der Waals surface area contributed by atoms with E-state index in [1.54, 1.807) is 12.5 Å². The molecule has 5 heteroatoms. The first-order valence-electron chi connectivity index (χ1n) is 6.11. The van der Waals surface area contributed by atoms with Crippen LogP contribution in [0.15, 0.2) is 59.6 Å². The van der Waals surface area contributed by atoms with E-state index in [4.69, 9.17) is 4.52 Å². The number of nitrogens with one attached hydrogen (secondary N) is 1. The zero-order valence-electron chi connectivity index (χ0n) is 10.4. The highest BCUT2D eigenvalue weighted by Gasteiger charge is 1.98. The molecule has 5 nitrogen and oxygen atoms in total. The molecule has 0 atom stereocenters. The first-order valence-corrected chi connectivity index (χ1v) is 6.11. The molecule has 3 aromatic rings. The van der Waals surface area contributed by atoms with Gasteiger partial charge in [-0.25, -0.2) is 4.68 Å². The van der Waals surface area contributed by atoms with E-state index in [9.17, 15) is 0 Å². The minimum absolute atomic E-state index is 0.706. The van der Waals surface area contributed by atoms with Crippen LogP contribution in [0.25, 0.3) is 5.69 Å². The van der Waals surface area contributed by atoms with Crippen LogP contribution in [0, 0.1) is 0 Å². The van der Waals surface area contributed by atoms with E-state index in [0.29, 0.717) is 6.54 Å². The number of nitrogens with zero attached hydrogens (tertiary/aromatic N) is 3. The normalized spacial score (nSPS) is 10.7. The fourth-order valence-corrected chi connectivity index (χ4v) is 1.85. The van der Waals surface area contributed by atoms with Crippen molar-refractivity contribution in [3.05, 3.63) is 66.3 Å². The highest BCUT2D eigenvalue weighted by atomic mass is 16.5. The molecular weight excluding hydrogens is 240 g/mol. The summed E-state index contributed by atoms with van der Waals surface area (Å²) in [5.74, 6) is 0. The first kappa shape index (κ1) is 11.7. The quantitative estimate of drug-likeness (QED) is 0.758. The second-order valence-electron chi connectivity index (χ2n) is 4.21. The van der Waals surface area contributed by atoms with Gasteiger partial charge in [-0.05, 0) is 23.8 Å². The van der Waals surface area contributed by atoms with Gasteiger partial charge >= 0.3 is 0 Å². The summed E-state index contributed by atoms with van der Waals surface area (Å²) in [5, 5.41) is 11.4. The minimum atomic E-state index is 0.706. The second-order valence-corrected chi connectivity index (χ2v) is 4.21. The third-order valence-corrected chi connectivity index (χ3v) is 2.83. The van der Waals surface area contributed by atoms with Crippen molar-refractivity contribution in [1.29, 1.82) is 0 Å². The van der Waals surface area contributed by atoms with Crippen LogP contribution in [-0.2, 0) is 13.1 Å². The van der Waals surface area contributed by atoms with Gasteiger partial charge in [0.2, 0.25) is 0 Å². The fraction of sp³-hybridized carbons (Fsp3) is 0.143. The van der Waals surface area contributed by atoms with Crippen LogP contribution in [0.5, 0.6) is 0 Å². The van der Waals surface area contributed by atoms with Crippen LogP contribution < -0.4 is 5.32 Å². The summed E-state index contributed by atoms with van der Waals surface area (Å²) >= 11 is 0. The number of benzene rings is 1. The minimum Gasteiger partial charge on any atom is -0.364 e. The molecule has 0 amide bonds. The maximum absolute atomic E-state index is 4.77. The van der Waals surface area contributed by atoms with Gasteiger partial charge in [-0.3, -0.25) is 0 Å². The van der Waals surface area contributed by atoms with E-state index in [2.05, 4.69) is 39.8 Å². The standard InChI is InChI=1S/C14H14N4O/c1-7-16-18(8-1)14-4-2-12(3-5-14)10-15-11-13-6-9-19-17-13/h1-9,15H,10-11H2. The van der Waals surface area contributed by atoms with Crippen molar-refractivity contribution >= 4 is 0 Å². The monoisotopic (exact) mass is 254 g/mol. The average Bonchev–Trinajstić information content (AvgIpc) is 3.13. The van der Waals surface area contributed by atoms with Gasteiger partial charge in [0.05, 0.1) is 11.4 Å². The molecule has 0 aliphatic carbocycles. The molecule has 0 bridgehead atoms. The van der Waals surface area contributed by atoms with E-state index in [0.717, 1.165) is 17.9 Å². The van der Waals surface area contributed by atoms with Gasteiger partial charge in [-0.1, -0.05) is 17.3 Å². The molecule has 0 saturated heterocycles. The molecule has 1 aromatic carbocycles. The molecule has 0 aliphatic rings. The summed E-state index contributed by atoms with van der Waals surface area (Å²) in [6.45, 7) is 1.50. The van der Waals surface area contributed by atoms with Crippen molar-refractivity contribution in [3.63, 3.8) is 0 Å². The fourth-order valence-electron chi connectivity index (χ4n) is 1.85. The predicted molar refractivity (Wildman–Crippen MR) is 70.6 cm³/mol. The van der Waals surface area contributed by atoms with Crippen LogP contribution in [0.2, 0.25) is 0 Å². The van der Waals surface area contributed by atoms with Crippen molar-refractivity contribution in [2.75, 3.05) is 0 Å². The maximum atomic E-state index is 4.77. The summed E-state index contributed by atoms with van der Waals surface area (Å²) in [4.78, 5) is 0. The van der Waals surface area contributed by atoms with Gasteiger partial charge in [0, 0.05) is 31.5 Å². The van der Waals surface area contributed by atoms with Crippen LogP contribution in [-0.4, -0.2) is 14.9 Å². The number of hydrogen-bond donors (Lipinski definition) is 1. The number of hydrogen-bond acceptors (Lipinski definition) is 4. The smallest absolute Gasteiger partial charge is 0.124 e. The summed E-state index contributed by atoms with van der Waals surface area (Å²) in [7, 11) is 0. The molecular formula is C14H14N4O. The maximum Gasteiger partial charge on any atom is 0.124 e. The summed E-state index contributed by atoms with van der Waals surface area (Å²) < 4.78 is 6.61. The second kappa shape index (κ2) is 5.49. The Bertz CT molecular complexity index is 599. The zero-order chi connectivity index (χ0) is 12.9. The third kappa shape index (κ3) is 2.89. The molecule has 0 spiro atoms. The van der Waals surface area contributed by atoms with Gasteiger partial charge < -0.3 is 9.84 Å².